The van der Waals surface area contributed by atoms with Gasteiger partial charge in [0.15, 0.2) is 11.5 Å². The fraction of sp³-hybridized carbons (Fsp3) is 0.370. The molecule has 0 bridgehead atoms. The lowest BCUT2D eigenvalue weighted by Gasteiger charge is -2.31. The van der Waals surface area contributed by atoms with Crippen LogP contribution in [0.3, 0.4) is 0 Å². The first-order valence-electron chi connectivity index (χ1n) is 11.9. The number of aromatic amines is 1. The monoisotopic (exact) mass is 474 g/mol. The Balaban J connectivity index is 1.32. The molecule has 0 aliphatic carbocycles. The number of carbonyl (C=O) groups excluding carboxylic acids is 1. The van der Waals surface area contributed by atoms with Crippen LogP contribution in [-0.2, 0) is 4.79 Å². The Bertz CT molecular complexity index is 1360. The molecule has 2 aromatic heterocycles. The first-order chi connectivity index (χ1) is 17.0. The summed E-state index contributed by atoms with van der Waals surface area (Å²) in [5, 5.41) is 1.83. The average molecular weight is 475 g/mol. The van der Waals surface area contributed by atoms with Crippen LogP contribution in [-0.4, -0.2) is 59.0 Å². The molecule has 35 heavy (non-hydrogen) atoms. The number of hydrogen-bond donors (Lipinski definition) is 1. The molecule has 1 fully saturated rings. The van der Waals surface area contributed by atoms with E-state index in [4.69, 9.17) is 14.2 Å². The third kappa shape index (κ3) is 5.22. The molecular weight excluding hydrogens is 444 g/mol. The molecule has 8 nitrogen and oxygen atoms in total. The van der Waals surface area contributed by atoms with E-state index in [1.54, 1.807) is 14.0 Å². The second kappa shape index (κ2) is 9.92. The number of aromatic nitrogens is 3. The Morgan fingerprint density at radius 2 is 1.94 bits per heavy atom. The zero-order chi connectivity index (χ0) is 24.4. The van der Waals surface area contributed by atoms with Gasteiger partial charge in [0, 0.05) is 22.7 Å². The van der Waals surface area contributed by atoms with Crippen LogP contribution in [0, 0.1) is 12.8 Å². The minimum Gasteiger partial charge on any atom is -0.493 e. The zero-order valence-electron chi connectivity index (χ0n) is 20.3. The summed E-state index contributed by atoms with van der Waals surface area (Å²) in [6.07, 6.45) is 3.51. The van der Waals surface area contributed by atoms with Crippen LogP contribution in [0.4, 0.5) is 0 Å². The number of ether oxygens (including phenoxy) is 3. The molecule has 2 aromatic carbocycles. The molecule has 4 aromatic rings. The van der Waals surface area contributed by atoms with Crippen molar-refractivity contribution in [3.05, 3.63) is 48.4 Å². The summed E-state index contributed by atoms with van der Waals surface area (Å²) in [7, 11) is 1.63. The highest BCUT2D eigenvalue weighted by molar-refractivity contribution is 5.87. The molecule has 0 amide bonds. The van der Waals surface area contributed by atoms with Gasteiger partial charge in [-0.2, -0.15) is 0 Å². The van der Waals surface area contributed by atoms with E-state index in [-0.39, 0.29) is 5.78 Å². The summed E-state index contributed by atoms with van der Waals surface area (Å²) in [5.41, 5.74) is 2.89. The standard InChI is InChI=1S/C27H30N4O4/c1-17-10-20-11-21(4-5-23(20)30-17)35-27-22-12-25(33-3)26(13-24(22)28-16-29-27)34-15-19-6-8-31(9-7-19)14-18(2)32/h4-5,10-13,16,19,30H,6-9,14-15H2,1-3H3. The number of hydrogen-bond acceptors (Lipinski definition) is 7. The van der Waals surface area contributed by atoms with Gasteiger partial charge in [0.2, 0.25) is 5.88 Å². The number of likely N-dealkylation sites (tertiary alicyclic amines) is 1. The molecule has 182 valence electrons. The predicted octanol–water partition coefficient (Wildman–Crippen LogP) is 4.90. The number of fused-ring (bicyclic) bond motifs is 2. The SMILES string of the molecule is COc1cc2c(Oc3ccc4[nH]c(C)cc4c3)ncnc2cc1OCC1CCN(CC(C)=O)CC1. The van der Waals surface area contributed by atoms with Gasteiger partial charge in [-0.1, -0.05) is 0 Å². The van der Waals surface area contributed by atoms with Gasteiger partial charge in [-0.25, -0.2) is 9.97 Å². The number of benzene rings is 2. The van der Waals surface area contributed by atoms with Crippen molar-refractivity contribution in [1.82, 2.24) is 19.9 Å². The van der Waals surface area contributed by atoms with Crippen LogP contribution in [0.15, 0.2) is 42.7 Å². The van der Waals surface area contributed by atoms with Crippen LogP contribution < -0.4 is 14.2 Å². The van der Waals surface area contributed by atoms with Crippen molar-refractivity contribution in [1.29, 1.82) is 0 Å². The van der Waals surface area contributed by atoms with Crippen molar-refractivity contribution in [2.75, 3.05) is 33.4 Å². The molecule has 0 atom stereocenters. The highest BCUT2D eigenvalue weighted by atomic mass is 16.5. The van der Waals surface area contributed by atoms with E-state index in [9.17, 15) is 4.79 Å². The molecule has 1 saturated heterocycles. The quantitative estimate of drug-likeness (QED) is 0.388. The Kier molecular flexibility index (Phi) is 6.55. The summed E-state index contributed by atoms with van der Waals surface area (Å²) in [4.78, 5) is 25.7. The van der Waals surface area contributed by atoms with E-state index in [0.717, 1.165) is 53.4 Å². The lowest BCUT2D eigenvalue weighted by atomic mass is 9.97. The molecule has 1 aliphatic rings. The van der Waals surface area contributed by atoms with Crippen molar-refractivity contribution in [2.45, 2.75) is 26.7 Å². The third-order valence-corrected chi connectivity index (χ3v) is 6.45. The smallest absolute Gasteiger partial charge is 0.230 e. The van der Waals surface area contributed by atoms with Crippen LogP contribution in [0.25, 0.3) is 21.8 Å². The maximum Gasteiger partial charge on any atom is 0.230 e. The highest BCUT2D eigenvalue weighted by Crippen LogP contribution is 2.37. The molecule has 0 saturated carbocycles. The molecule has 1 N–H and O–H groups in total. The average Bonchev–Trinajstić information content (AvgIpc) is 3.22. The van der Waals surface area contributed by atoms with E-state index in [1.165, 1.54) is 6.33 Å². The van der Waals surface area contributed by atoms with Crippen LogP contribution in [0.1, 0.15) is 25.5 Å². The predicted molar refractivity (Wildman–Crippen MR) is 135 cm³/mol. The number of Topliss-reactive ketones (excluding diaryl/α,β-unsaturated/α-hetero) is 1. The largest absolute Gasteiger partial charge is 0.493 e. The number of nitrogens with one attached hydrogen (secondary N) is 1. The van der Waals surface area contributed by atoms with Crippen molar-refractivity contribution in [2.24, 2.45) is 5.92 Å². The lowest BCUT2D eigenvalue weighted by Crippen LogP contribution is -2.38. The van der Waals surface area contributed by atoms with Gasteiger partial charge >= 0.3 is 0 Å². The van der Waals surface area contributed by atoms with Gasteiger partial charge in [0.25, 0.3) is 0 Å². The molecule has 3 heterocycles. The number of nitrogens with zero attached hydrogens (tertiary/aromatic N) is 3. The van der Waals surface area contributed by atoms with Gasteiger partial charge < -0.3 is 19.2 Å². The van der Waals surface area contributed by atoms with E-state index >= 15 is 0 Å². The molecule has 0 radical (unpaired) electrons. The molecule has 0 spiro atoms. The van der Waals surface area contributed by atoms with Crippen LogP contribution >= 0.6 is 0 Å². The molecule has 5 rings (SSSR count). The second-order valence-electron chi connectivity index (χ2n) is 9.24. The first-order valence-corrected chi connectivity index (χ1v) is 11.9. The van der Waals surface area contributed by atoms with Gasteiger partial charge in [0.1, 0.15) is 17.9 Å². The van der Waals surface area contributed by atoms with E-state index in [2.05, 4.69) is 25.9 Å². The number of rotatable bonds is 8. The normalized spacial score (nSPS) is 14.9. The van der Waals surface area contributed by atoms with Crippen molar-refractivity contribution >= 4 is 27.6 Å². The number of methoxy groups -OCH3 is 1. The summed E-state index contributed by atoms with van der Waals surface area (Å²) < 4.78 is 18.0. The number of aryl methyl sites for hydroxylation is 1. The van der Waals surface area contributed by atoms with E-state index in [1.807, 2.05) is 37.3 Å². The summed E-state index contributed by atoms with van der Waals surface area (Å²) in [6.45, 7) is 6.65. The van der Waals surface area contributed by atoms with Crippen molar-refractivity contribution in [3.8, 4) is 23.1 Å². The van der Waals surface area contributed by atoms with Crippen LogP contribution in [0.5, 0.6) is 23.1 Å². The second-order valence-corrected chi connectivity index (χ2v) is 9.24. The fourth-order valence-electron chi connectivity index (χ4n) is 4.66. The number of H-pyrrole nitrogens is 1. The minimum atomic E-state index is 0.214. The van der Waals surface area contributed by atoms with E-state index < -0.39 is 0 Å². The van der Waals surface area contributed by atoms with Crippen LogP contribution in [0.2, 0.25) is 0 Å². The number of carbonyl (C=O) groups is 1. The topological polar surface area (TPSA) is 89.6 Å². The fourth-order valence-corrected chi connectivity index (χ4v) is 4.66. The zero-order valence-corrected chi connectivity index (χ0v) is 20.3. The maximum atomic E-state index is 11.4. The lowest BCUT2D eigenvalue weighted by molar-refractivity contribution is -0.118. The van der Waals surface area contributed by atoms with E-state index in [0.29, 0.717) is 42.2 Å². The van der Waals surface area contributed by atoms with Gasteiger partial charge in [-0.05, 0) is 76.0 Å². The molecule has 8 heteroatoms. The maximum absolute atomic E-state index is 11.4. The summed E-state index contributed by atoms with van der Waals surface area (Å²) >= 11 is 0. The molecule has 0 unspecified atom stereocenters. The van der Waals surface area contributed by atoms with Crippen molar-refractivity contribution in [3.63, 3.8) is 0 Å². The molecular formula is C27H30N4O4. The Labute approximate surface area is 204 Å². The summed E-state index contributed by atoms with van der Waals surface area (Å²) in [6, 6.07) is 11.7. The number of piperidine rings is 1. The van der Waals surface area contributed by atoms with Gasteiger partial charge in [-0.15, -0.1) is 0 Å². The number of ketones is 1. The summed E-state index contributed by atoms with van der Waals surface area (Å²) in [5.74, 6) is 3.08. The Morgan fingerprint density at radius 1 is 1.11 bits per heavy atom. The Morgan fingerprint density at radius 3 is 2.71 bits per heavy atom. The van der Waals surface area contributed by atoms with Crippen molar-refractivity contribution < 1.29 is 19.0 Å². The molecule has 1 aliphatic heterocycles. The van der Waals surface area contributed by atoms with Gasteiger partial charge in [-0.3, -0.25) is 9.69 Å². The highest BCUT2D eigenvalue weighted by Gasteiger charge is 2.21. The third-order valence-electron chi connectivity index (χ3n) is 6.45. The minimum absolute atomic E-state index is 0.214. The first kappa shape index (κ1) is 23.1. The Hall–Kier alpha value is -3.65. The van der Waals surface area contributed by atoms with Gasteiger partial charge in [0.05, 0.1) is 31.2 Å².